The van der Waals surface area contributed by atoms with E-state index in [1.54, 1.807) is 13.8 Å². The SMILES string of the molecule is CC[C@H](C)[C@H](NC(=O)[C@H](CCCN=C(N)N)NC(=O)[C@H](C)NC(=O)CNC(=O)CNC(=O)[C@@H](N)CS)C(=O)O. The molecule has 16 nitrogen and oxygen atoms in total. The van der Waals surface area contributed by atoms with E-state index in [1.807, 2.05) is 0 Å². The standard InChI is InChI=1S/C22H41N9O7S/c1-4-11(2)17(21(37)38)31-20(36)14(6-5-7-26-22(24)25)30-18(34)12(3)29-16(33)9-27-15(32)8-28-19(35)13(23)10-39/h11-14,17,39H,4-10,23H2,1-3H3,(H,27,32)(H,28,35)(H,29,33)(H,30,34)(H,31,36)(H,37,38)(H4,24,25,26)/t11-,12-,13-,14-,17-/m0/s1. The number of carbonyl (C=O) groups excluding carboxylic acids is 5. The first-order valence-corrected chi connectivity index (χ1v) is 13.0. The Kier molecular flexibility index (Phi) is 16.9. The molecule has 39 heavy (non-hydrogen) atoms. The number of rotatable bonds is 18. The zero-order valence-electron chi connectivity index (χ0n) is 22.4. The predicted octanol–water partition coefficient (Wildman–Crippen LogP) is -3.87. The number of amides is 5. The van der Waals surface area contributed by atoms with Crippen LogP contribution in [0.1, 0.15) is 40.0 Å². The molecule has 0 aromatic rings. The Morgan fingerprint density at radius 2 is 1.51 bits per heavy atom. The topological polar surface area (TPSA) is 273 Å². The van der Waals surface area contributed by atoms with Gasteiger partial charge in [-0.15, -0.1) is 0 Å². The van der Waals surface area contributed by atoms with Gasteiger partial charge in [-0.25, -0.2) is 4.79 Å². The summed E-state index contributed by atoms with van der Waals surface area (Å²) in [4.78, 5) is 76.6. The predicted molar refractivity (Wildman–Crippen MR) is 146 cm³/mol. The highest BCUT2D eigenvalue weighted by Gasteiger charge is 2.30. The van der Waals surface area contributed by atoms with E-state index in [2.05, 4.69) is 44.2 Å². The molecule has 17 heteroatoms. The van der Waals surface area contributed by atoms with Crippen LogP contribution in [0.3, 0.4) is 0 Å². The first-order valence-electron chi connectivity index (χ1n) is 12.3. The average Bonchev–Trinajstić information content (AvgIpc) is 2.88. The molecular formula is C22H41N9O7S. The first kappa shape index (κ1) is 35.4. The average molecular weight is 576 g/mol. The summed E-state index contributed by atoms with van der Waals surface area (Å²) in [5.74, 6) is -5.02. The van der Waals surface area contributed by atoms with Crippen molar-refractivity contribution in [3.63, 3.8) is 0 Å². The summed E-state index contributed by atoms with van der Waals surface area (Å²) in [5, 5.41) is 21.4. The van der Waals surface area contributed by atoms with Crippen LogP contribution in [0.2, 0.25) is 0 Å². The lowest BCUT2D eigenvalue weighted by molar-refractivity contribution is -0.143. The number of carbonyl (C=O) groups is 6. The second-order valence-electron chi connectivity index (χ2n) is 8.79. The quantitative estimate of drug-likeness (QED) is 0.0328. The Labute approximate surface area is 232 Å². The highest BCUT2D eigenvalue weighted by atomic mass is 32.1. The Morgan fingerprint density at radius 3 is 2.05 bits per heavy atom. The van der Waals surface area contributed by atoms with E-state index in [4.69, 9.17) is 17.2 Å². The van der Waals surface area contributed by atoms with Crippen LogP contribution in [0, 0.1) is 5.92 Å². The fourth-order valence-electron chi connectivity index (χ4n) is 2.99. The Balaban J connectivity index is 5.06. The first-order chi connectivity index (χ1) is 18.2. The zero-order valence-corrected chi connectivity index (χ0v) is 23.3. The van der Waals surface area contributed by atoms with Gasteiger partial charge in [-0.2, -0.15) is 12.6 Å². The molecule has 0 radical (unpaired) electrons. The second kappa shape index (κ2) is 18.6. The summed E-state index contributed by atoms with van der Waals surface area (Å²) in [6.07, 6.45) is 0.869. The second-order valence-corrected chi connectivity index (χ2v) is 9.16. The maximum atomic E-state index is 12.9. The molecule has 5 atom stereocenters. The number of nitrogens with two attached hydrogens (primary N) is 3. The van der Waals surface area contributed by atoms with Crippen molar-refractivity contribution in [1.29, 1.82) is 0 Å². The van der Waals surface area contributed by atoms with E-state index < -0.39 is 72.8 Å². The van der Waals surface area contributed by atoms with Gasteiger partial charge in [0.05, 0.1) is 19.1 Å². The van der Waals surface area contributed by atoms with E-state index in [-0.39, 0.29) is 30.6 Å². The van der Waals surface area contributed by atoms with E-state index in [9.17, 15) is 33.9 Å². The molecule has 0 saturated heterocycles. The van der Waals surface area contributed by atoms with Crippen molar-refractivity contribution in [3.05, 3.63) is 0 Å². The molecule has 222 valence electrons. The molecule has 0 aliphatic heterocycles. The van der Waals surface area contributed by atoms with E-state index >= 15 is 0 Å². The number of hydrogen-bond acceptors (Lipinski definition) is 9. The number of thiol groups is 1. The number of nitrogens with zero attached hydrogens (tertiary/aromatic N) is 1. The molecule has 0 unspecified atom stereocenters. The van der Waals surface area contributed by atoms with Crippen molar-refractivity contribution in [3.8, 4) is 0 Å². The highest BCUT2D eigenvalue weighted by Crippen LogP contribution is 2.09. The van der Waals surface area contributed by atoms with Gasteiger partial charge in [-0.1, -0.05) is 20.3 Å². The normalized spacial score (nSPS) is 14.4. The van der Waals surface area contributed by atoms with Crippen LogP contribution in [0.4, 0.5) is 0 Å². The summed E-state index contributed by atoms with van der Waals surface area (Å²) in [7, 11) is 0. The summed E-state index contributed by atoms with van der Waals surface area (Å²) in [5.41, 5.74) is 16.1. The van der Waals surface area contributed by atoms with Crippen LogP contribution in [-0.4, -0.2) is 96.1 Å². The fraction of sp³-hybridized carbons (Fsp3) is 0.682. The summed E-state index contributed by atoms with van der Waals surface area (Å²) >= 11 is 3.88. The number of nitrogens with one attached hydrogen (secondary N) is 5. The van der Waals surface area contributed by atoms with Crippen molar-refractivity contribution in [1.82, 2.24) is 26.6 Å². The molecule has 0 aromatic heterocycles. The molecular weight excluding hydrogens is 534 g/mol. The molecule has 0 heterocycles. The van der Waals surface area contributed by atoms with E-state index in [1.165, 1.54) is 6.92 Å². The maximum Gasteiger partial charge on any atom is 0.326 e. The van der Waals surface area contributed by atoms with E-state index in [0.717, 1.165) is 0 Å². The minimum atomic E-state index is -1.21. The van der Waals surface area contributed by atoms with Crippen molar-refractivity contribution >= 4 is 54.1 Å². The molecule has 0 fully saturated rings. The Hall–Kier alpha value is -3.60. The number of carboxylic acid groups (broad SMARTS) is 1. The lowest BCUT2D eigenvalue weighted by Crippen LogP contribution is -2.56. The number of hydrogen-bond donors (Lipinski definition) is 10. The van der Waals surface area contributed by atoms with Gasteiger partial charge in [0.15, 0.2) is 5.96 Å². The van der Waals surface area contributed by atoms with Gasteiger partial charge in [-0.05, 0) is 25.7 Å². The van der Waals surface area contributed by atoms with Gasteiger partial charge in [0.2, 0.25) is 29.5 Å². The molecule has 12 N–H and O–H groups in total. The fourth-order valence-corrected chi connectivity index (χ4v) is 3.15. The van der Waals surface area contributed by atoms with Gasteiger partial charge in [0.25, 0.3) is 0 Å². The monoisotopic (exact) mass is 575 g/mol. The molecule has 0 spiro atoms. The van der Waals surface area contributed by atoms with Crippen LogP contribution in [-0.2, 0) is 28.8 Å². The van der Waals surface area contributed by atoms with Crippen molar-refractivity contribution in [2.75, 3.05) is 25.4 Å². The van der Waals surface area contributed by atoms with Gasteiger partial charge < -0.3 is 48.9 Å². The summed E-state index contributed by atoms with van der Waals surface area (Å²) < 4.78 is 0. The molecule has 5 amide bonds. The third kappa shape index (κ3) is 14.8. The minimum Gasteiger partial charge on any atom is -0.480 e. The Bertz CT molecular complexity index is 899. The Morgan fingerprint density at radius 1 is 0.897 bits per heavy atom. The van der Waals surface area contributed by atoms with Crippen LogP contribution in [0.5, 0.6) is 0 Å². The van der Waals surface area contributed by atoms with Crippen LogP contribution in [0.15, 0.2) is 4.99 Å². The number of guanidine groups is 1. The maximum absolute atomic E-state index is 12.9. The number of aliphatic imine (C=N–C) groups is 1. The zero-order chi connectivity index (χ0) is 30.1. The highest BCUT2D eigenvalue weighted by molar-refractivity contribution is 7.80. The third-order valence-corrected chi connectivity index (χ3v) is 5.92. The van der Waals surface area contributed by atoms with Crippen LogP contribution >= 0.6 is 12.6 Å². The molecule has 0 aromatic carbocycles. The lowest BCUT2D eigenvalue weighted by Gasteiger charge is -2.25. The van der Waals surface area contributed by atoms with Gasteiger partial charge in [0, 0.05) is 12.3 Å². The van der Waals surface area contributed by atoms with Crippen LogP contribution in [0.25, 0.3) is 0 Å². The molecule has 0 aliphatic rings. The van der Waals surface area contributed by atoms with Crippen molar-refractivity contribution in [2.24, 2.45) is 28.1 Å². The number of aliphatic carboxylic acids is 1. The largest absolute Gasteiger partial charge is 0.480 e. The van der Waals surface area contributed by atoms with Crippen molar-refractivity contribution < 1.29 is 33.9 Å². The summed E-state index contributed by atoms with van der Waals surface area (Å²) in [6.45, 7) is 4.09. The summed E-state index contributed by atoms with van der Waals surface area (Å²) in [6, 6.07) is -4.30. The molecule has 0 aliphatic carbocycles. The molecule has 0 rings (SSSR count). The molecule has 0 bridgehead atoms. The van der Waals surface area contributed by atoms with Gasteiger partial charge >= 0.3 is 5.97 Å². The lowest BCUT2D eigenvalue weighted by atomic mass is 9.98. The van der Waals surface area contributed by atoms with E-state index in [0.29, 0.717) is 12.8 Å². The molecule has 0 saturated carbocycles. The van der Waals surface area contributed by atoms with Gasteiger partial charge in [-0.3, -0.25) is 29.0 Å². The van der Waals surface area contributed by atoms with Gasteiger partial charge in [0.1, 0.15) is 18.1 Å². The minimum absolute atomic E-state index is 0.0838. The smallest absolute Gasteiger partial charge is 0.326 e. The van der Waals surface area contributed by atoms with Crippen molar-refractivity contribution in [2.45, 2.75) is 64.2 Å². The third-order valence-electron chi connectivity index (χ3n) is 5.53. The number of carboxylic acids is 1. The van der Waals surface area contributed by atoms with Crippen LogP contribution < -0.4 is 43.8 Å².